The topological polar surface area (TPSA) is 40.5 Å². The number of benzene rings is 1. The van der Waals surface area contributed by atoms with Crippen molar-refractivity contribution in [2.45, 2.75) is 33.1 Å². The Balaban J connectivity index is 1.93. The van der Waals surface area contributed by atoms with E-state index in [-0.39, 0.29) is 11.5 Å². The van der Waals surface area contributed by atoms with Crippen LogP contribution in [0.2, 0.25) is 0 Å². The Morgan fingerprint density at radius 3 is 2.58 bits per heavy atom. The molecule has 0 saturated carbocycles. The highest BCUT2D eigenvalue weighted by molar-refractivity contribution is 5.97. The molecular formula is C16H23NO2. The Morgan fingerprint density at radius 1 is 1.21 bits per heavy atom. The van der Waals surface area contributed by atoms with Crippen molar-refractivity contribution in [1.29, 1.82) is 0 Å². The molecule has 3 heteroatoms. The number of phenolic OH excluding ortho intramolecular Hbond substituents is 1. The average molecular weight is 261 g/mol. The molecule has 0 bridgehead atoms. The highest BCUT2D eigenvalue weighted by Gasteiger charge is 2.24. The van der Waals surface area contributed by atoms with Gasteiger partial charge in [-0.1, -0.05) is 13.8 Å². The highest BCUT2D eigenvalue weighted by atomic mass is 16.3. The number of nitrogens with zero attached hydrogens (tertiary/aromatic N) is 1. The molecule has 19 heavy (non-hydrogen) atoms. The van der Waals surface area contributed by atoms with E-state index in [1.54, 1.807) is 24.3 Å². The predicted octanol–water partition coefficient (Wildman–Crippen LogP) is 3.09. The van der Waals surface area contributed by atoms with Gasteiger partial charge in [0.1, 0.15) is 5.75 Å². The monoisotopic (exact) mass is 261 g/mol. The summed E-state index contributed by atoms with van der Waals surface area (Å²) in [7, 11) is 0. The van der Waals surface area contributed by atoms with Crippen LogP contribution >= 0.6 is 0 Å². The number of aromatic hydroxyl groups is 1. The van der Waals surface area contributed by atoms with E-state index in [0.29, 0.717) is 17.5 Å². The van der Waals surface area contributed by atoms with Gasteiger partial charge in [0.2, 0.25) is 0 Å². The summed E-state index contributed by atoms with van der Waals surface area (Å²) >= 11 is 0. The van der Waals surface area contributed by atoms with E-state index in [9.17, 15) is 9.90 Å². The Hall–Kier alpha value is -1.35. The van der Waals surface area contributed by atoms with Gasteiger partial charge >= 0.3 is 0 Å². The van der Waals surface area contributed by atoms with Gasteiger partial charge in [-0.05, 0) is 62.0 Å². The van der Waals surface area contributed by atoms with Gasteiger partial charge in [0.15, 0.2) is 5.78 Å². The summed E-state index contributed by atoms with van der Waals surface area (Å²) in [6.07, 6.45) is 3.54. The number of ketones is 1. The first kappa shape index (κ1) is 14.1. The molecular weight excluding hydrogens is 238 g/mol. The normalized spacial score (nSPS) is 19.9. The number of hydrogen-bond donors (Lipinski definition) is 1. The number of hydrogen-bond acceptors (Lipinski definition) is 3. The number of rotatable bonds is 3. The Labute approximate surface area is 115 Å². The molecule has 1 aromatic carbocycles. The molecule has 1 aliphatic rings. The number of carbonyl (C=O) groups is 1. The molecule has 1 fully saturated rings. The van der Waals surface area contributed by atoms with Crippen molar-refractivity contribution in [3.8, 4) is 5.75 Å². The van der Waals surface area contributed by atoms with Gasteiger partial charge < -0.3 is 5.11 Å². The SMILES string of the molecule is CC1(C)CCCN(CC(=O)c2ccc(O)cc2)CC1. The Morgan fingerprint density at radius 2 is 1.89 bits per heavy atom. The van der Waals surface area contributed by atoms with Gasteiger partial charge in [0, 0.05) is 5.56 Å². The van der Waals surface area contributed by atoms with Crippen molar-refractivity contribution in [2.24, 2.45) is 5.41 Å². The fourth-order valence-electron chi connectivity index (χ4n) is 2.58. The molecule has 2 rings (SSSR count). The number of carbonyl (C=O) groups excluding carboxylic acids is 1. The molecule has 0 aliphatic carbocycles. The molecule has 104 valence electrons. The summed E-state index contributed by atoms with van der Waals surface area (Å²) in [5.41, 5.74) is 1.08. The molecule has 0 atom stereocenters. The van der Waals surface area contributed by atoms with Crippen LogP contribution < -0.4 is 0 Å². The summed E-state index contributed by atoms with van der Waals surface area (Å²) < 4.78 is 0. The first-order valence-electron chi connectivity index (χ1n) is 7.01. The third-order valence-electron chi connectivity index (χ3n) is 3.99. The fraction of sp³-hybridized carbons (Fsp3) is 0.562. The third-order valence-corrected chi connectivity index (χ3v) is 3.99. The quantitative estimate of drug-likeness (QED) is 0.850. The van der Waals surface area contributed by atoms with Gasteiger partial charge in [0.25, 0.3) is 0 Å². The van der Waals surface area contributed by atoms with Gasteiger partial charge in [-0.3, -0.25) is 9.69 Å². The second-order valence-electron chi connectivity index (χ2n) is 6.26. The van der Waals surface area contributed by atoms with E-state index >= 15 is 0 Å². The molecule has 0 radical (unpaired) electrons. The van der Waals surface area contributed by atoms with Crippen molar-refractivity contribution in [1.82, 2.24) is 4.90 Å². The van der Waals surface area contributed by atoms with Gasteiger partial charge in [-0.2, -0.15) is 0 Å². The maximum atomic E-state index is 12.2. The van der Waals surface area contributed by atoms with Crippen LogP contribution in [-0.2, 0) is 0 Å². The summed E-state index contributed by atoms with van der Waals surface area (Å²) in [4.78, 5) is 14.4. The predicted molar refractivity (Wildman–Crippen MR) is 76.5 cm³/mol. The molecule has 1 aromatic rings. The first-order chi connectivity index (χ1) is 8.96. The lowest BCUT2D eigenvalue weighted by Gasteiger charge is -2.22. The molecule has 0 spiro atoms. The summed E-state index contributed by atoms with van der Waals surface area (Å²) in [5.74, 6) is 0.341. The zero-order chi connectivity index (χ0) is 13.9. The smallest absolute Gasteiger partial charge is 0.176 e. The summed E-state index contributed by atoms with van der Waals surface area (Å²) in [5, 5.41) is 9.23. The minimum Gasteiger partial charge on any atom is -0.508 e. The van der Waals surface area contributed by atoms with Crippen LogP contribution in [0, 0.1) is 5.41 Å². The molecule has 1 N–H and O–H groups in total. The lowest BCUT2D eigenvalue weighted by Crippen LogP contribution is -2.31. The van der Waals surface area contributed by atoms with Crippen LogP contribution in [-0.4, -0.2) is 35.4 Å². The van der Waals surface area contributed by atoms with Crippen LogP contribution in [0.4, 0.5) is 0 Å². The van der Waals surface area contributed by atoms with Crippen molar-refractivity contribution in [3.05, 3.63) is 29.8 Å². The van der Waals surface area contributed by atoms with Gasteiger partial charge in [-0.15, -0.1) is 0 Å². The molecule has 1 heterocycles. The Kier molecular flexibility index (Phi) is 4.25. The number of phenols is 1. The maximum absolute atomic E-state index is 12.2. The summed E-state index contributed by atoms with van der Waals surface area (Å²) in [6.45, 7) is 7.10. The van der Waals surface area contributed by atoms with Crippen molar-refractivity contribution >= 4 is 5.78 Å². The molecule has 0 unspecified atom stereocenters. The van der Waals surface area contributed by atoms with Crippen molar-refractivity contribution in [3.63, 3.8) is 0 Å². The fourth-order valence-corrected chi connectivity index (χ4v) is 2.58. The number of likely N-dealkylation sites (tertiary alicyclic amines) is 1. The molecule has 0 amide bonds. The van der Waals surface area contributed by atoms with Crippen LogP contribution in [0.5, 0.6) is 5.75 Å². The van der Waals surface area contributed by atoms with E-state index < -0.39 is 0 Å². The molecule has 0 aromatic heterocycles. The average Bonchev–Trinajstić information content (AvgIpc) is 2.52. The zero-order valence-corrected chi connectivity index (χ0v) is 11.9. The second kappa shape index (κ2) is 5.74. The van der Waals surface area contributed by atoms with Crippen LogP contribution in [0.3, 0.4) is 0 Å². The third kappa shape index (κ3) is 4.06. The summed E-state index contributed by atoms with van der Waals surface area (Å²) in [6, 6.07) is 6.52. The van der Waals surface area contributed by atoms with Crippen LogP contribution in [0.25, 0.3) is 0 Å². The van der Waals surface area contributed by atoms with Gasteiger partial charge in [-0.25, -0.2) is 0 Å². The lowest BCUT2D eigenvalue weighted by molar-refractivity contribution is 0.0930. The first-order valence-corrected chi connectivity index (χ1v) is 7.01. The second-order valence-corrected chi connectivity index (χ2v) is 6.26. The highest BCUT2D eigenvalue weighted by Crippen LogP contribution is 2.29. The standard InChI is InChI=1S/C16H23NO2/c1-16(2)8-3-10-17(11-9-16)12-15(19)13-4-6-14(18)7-5-13/h4-7,18H,3,8-12H2,1-2H3. The van der Waals surface area contributed by atoms with Crippen LogP contribution in [0.1, 0.15) is 43.5 Å². The van der Waals surface area contributed by atoms with E-state index in [1.165, 1.54) is 6.42 Å². The minimum atomic E-state index is 0.139. The van der Waals surface area contributed by atoms with Gasteiger partial charge in [0.05, 0.1) is 6.54 Å². The molecule has 3 nitrogen and oxygen atoms in total. The van der Waals surface area contributed by atoms with E-state index in [1.807, 2.05) is 0 Å². The van der Waals surface area contributed by atoms with E-state index in [0.717, 1.165) is 25.9 Å². The van der Waals surface area contributed by atoms with Crippen molar-refractivity contribution < 1.29 is 9.90 Å². The zero-order valence-electron chi connectivity index (χ0n) is 11.9. The molecule has 1 saturated heterocycles. The molecule has 1 aliphatic heterocycles. The van der Waals surface area contributed by atoms with Crippen LogP contribution in [0.15, 0.2) is 24.3 Å². The van der Waals surface area contributed by atoms with Crippen molar-refractivity contribution in [2.75, 3.05) is 19.6 Å². The Bertz CT molecular complexity index is 437. The minimum absolute atomic E-state index is 0.139. The largest absolute Gasteiger partial charge is 0.508 e. The van der Waals surface area contributed by atoms with E-state index in [4.69, 9.17) is 0 Å². The maximum Gasteiger partial charge on any atom is 0.176 e. The van der Waals surface area contributed by atoms with E-state index in [2.05, 4.69) is 18.7 Å². The number of Topliss-reactive ketones (excluding diaryl/α,β-unsaturated/α-hetero) is 1. The lowest BCUT2D eigenvalue weighted by atomic mass is 9.85.